The normalized spacial score (nSPS) is 10.1. The molecule has 15 heavy (non-hydrogen) atoms. The minimum absolute atomic E-state index is 1.19. The summed E-state index contributed by atoms with van der Waals surface area (Å²) in [6.07, 6.45) is 7.30. The van der Waals surface area contributed by atoms with Crippen LogP contribution in [-0.2, 0) is 0 Å². The number of nitrogens with zero attached hydrogens (tertiary/aromatic N) is 2. The lowest BCUT2D eigenvalue weighted by Gasteiger charge is -2.14. The molecule has 0 aliphatic carbocycles. The maximum atomic E-state index is 2.46. The van der Waals surface area contributed by atoms with Crippen LogP contribution < -0.4 is 0 Å². The molecule has 0 spiro atoms. The highest BCUT2D eigenvalue weighted by atomic mass is 15.2. The summed E-state index contributed by atoms with van der Waals surface area (Å²) in [6, 6.07) is 0. The molecule has 0 aromatic rings. The highest BCUT2D eigenvalue weighted by Gasteiger charge is 2.06. The molecule has 0 aliphatic heterocycles. The highest BCUT2D eigenvalue weighted by Crippen LogP contribution is 1.92. The zero-order valence-electron chi connectivity index (χ0n) is 11.1. The molecule has 0 saturated heterocycles. The van der Waals surface area contributed by atoms with Crippen molar-refractivity contribution in [2.75, 3.05) is 26.2 Å². The van der Waals surface area contributed by atoms with Crippen LogP contribution in [0.5, 0.6) is 0 Å². The second kappa shape index (κ2) is 10.0. The molecule has 0 aromatic carbocycles. The summed E-state index contributed by atoms with van der Waals surface area (Å²) >= 11 is 0. The Kier molecular flexibility index (Phi) is 9.65. The fraction of sp³-hybridized carbons (Fsp3) is 0.923. The van der Waals surface area contributed by atoms with E-state index in [0.29, 0.717) is 0 Å². The summed E-state index contributed by atoms with van der Waals surface area (Å²) in [4.78, 5) is 2.46. The van der Waals surface area contributed by atoms with Crippen LogP contribution in [-0.4, -0.2) is 42.0 Å². The topological polar surface area (TPSA) is 6.25 Å². The van der Waals surface area contributed by atoms with Gasteiger partial charge in [-0.2, -0.15) is 0 Å². The van der Waals surface area contributed by atoms with Crippen LogP contribution >= 0.6 is 0 Å². The van der Waals surface area contributed by atoms with Crippen LogP contribution in [0, 0.1) is 0 Å². The van der Waals surface area contributed by atoms with E-state index in [0.717, 1.165) is 0 Å². The van der Waals surface area contributed by atoms with Gasteiger partial charge in [0.15, 0.2) is 0 Å². The van der Waals surface area contributed by atoms with Crippen molar-refractivity contribution in [1.29, 1.82) is 0 Å². The lowest BCUT2D eigenvalue weighted by Crippen LogP contribution is -2.30. The first kappa shape index (κ1) is 14.5. The second-order valence-electron chi connectivity index (χ2n) is 4.19. The van der Waals surface area contributed by atoms with Gasteiger partial charge in [-0.1, -0.05) is 27.7 Å². The summed E-state index contributed by atoms with van der Waals surface area (Å²) in [5, 5.41) is 0. The van der Waals surface area contributed by atoms with E-state index >= 15 is 0 Å². The zero-order valence-corrected chi connectivity index (χ0v) is 11.1. The Labute approximate surface area is 96.0 Å². The summed E-state index contributed by atoms with van der Waals surface area (Å²) in [7, 11) is 0. The quantitative estimate of drug-likeness (QED) is 0.324. The van der Waals surface area contributed by atoms with Crippen molar-refractivity contribution in [1.82, 2.24) is 4.90 Å². The Morgan fingerprint density at radius 3 is 1.60 bits per heavy atom. The van der Waals surface area contributed by atoms with Crippen molar-refractivity contribution in [3.05, 3.63) is 0 Å². The lowest BCUT2D eigenvalue weighted by atomic mass is 10.3. The zero-order chi connectivity index (χ0) is 11.5. The van der Waals surface area contributed by atoms with Gasteiger partial charge in [-0.25, -0.2) is 0 Å². The van der Waals surface area contributed by atoms with Crippen molar-refractivity contribution >= 4 is 6.34 Å². The van der Waals surface area contributed by atoms with E-state index in [1.165, 1.54) is 51.9 Å². The van der Waals surface area contributed by atoms with Crippen LogP contribution in [0.15, 0.2) is 0 Å². The van der Waals surface area contributed by atoms with Gasteiger partial charge in [-0.3, -0.25) is 9.48 Å². The average molecular weight is 213 g/mol. The maximum absolute atomic E-state index is 2.46. The van der Waals surface area contributed by atoms with E-state index in [9.17, 15) is 0 Å². The van der Waals surface area contributed by atoms with Crippen LogP contribution in [0.1, 0.15) is 53.4 Å². The largest absolute Gasteiger partial charge is 0.268 e. The average Bonchev–Trinajstić information content (AvgIpc) is 2.19. The molecule has 0 fully saturated rings. The van der Waals surface area contributed by atoms with Gasteiger partial charge < -0.3 is 0 Å². The van der Waals surface area contributed by atoms with Crippen molar-refractivity contribution < 1.29 is 4.58 Å². The molecule has 0 saturated carbocycles. The first-order chi connectivity index (χ1) is 7.28. The number of hydrogen-bond acceptors (Lipinski definition) is 0. The minimum Gasteiger partial charge on any atom is -0.268 e. The first-order valence-corrected chi connectivity index (χ1v) is 6.61. The van der Waals surface area contributed by atoms with Gasteiger partial charge in [0.1, 0.15) is 0 Å². The molecule has 2 nitrogen and oxygen atoms in total. The van der Waals surface area contributed by atoms with Gasteiger partial charge in [0, 0.05) is 0 Å². The third-order valence-electron chi connectivity index (χ3n) is 2.37. The standard InChI is InChI=1S/C13H29N2/c1-5-9-14(10-6-2)13-15(11-7-3)12-8-4/h13H,5-12H2,1-4H3/q+1. The van der Waals surface area contributed by atoms with E-state index < -0.39 is 0 Å². The van der Waals surface area contributed by atoms with Gasteiger partial charge in [-0.05, 0) is 25.7 Å². The monoisotopic (exact) mass is 213 g/mol. The summed E-state index contributed by atoms with van der Waals surface area (Å²) in [5.74, 6) is 0. The van der Waals surface area contributed by atoms with Gasteiger partial charge in [0.25, 0.3) is 0 Å². The van der Waals surface area contributed by atoms with Crippen LogP contribution in [0.4, 0.5) is 0 Å². The predicted octanol–water partition coefficient (Wildman–Crippen LogP) is 2.97. The van der Waals surface area contributed by atoms with Crippen LogP contribution in [0.2, 0.25) is 0 Å². The fourth-order valence-corrected chi connectivity index (χ4v) is 1.83. The van der Waals surface area contributed by atoms with Gasteiger partial charge in [0.2, 0.25) is 6.34 Å². The van der Waals surface area contributed by atoms with Gasteiger partial charge in [0.05, 0.1) is 26.2 Å². The molecule has 0 unspecified atom stereocenters. The molecule has 0 radical (unpaired) electrons. The Hall–Kier alpha value is -0.530. The molecule has 90 valence electrons. The smallest absolute Gasteiger partial charge is 0.234 e. The minimum atomic E-state index is 1.19. The predicted molar refractivity (Wildman–Crippen MR) is 68.8 cm³/mol. The maximum Gasteiger partial charge on any atom is 0.234 e. The van der Waals surface area contributed by atoms with E-state index in [2.05, 4.69) is 43.5 Å². The molecule has 0 bridgehead atoms. The summed E-state index contributed by atoms with van der Waals surface area (Å²) in [5.41, 5.74) is 0. The molecule has 0 N–H and O–H groups in total. The second-order valence-corrected chi connectivity index (χ2v) is 4.19. The van der Waals surface area contributed by atoms with Crippen molar-refractivity contribution in [2.45, 2.75) is 53.4 Å². The van der Waals surface area contributed by atoms with Crippen molar-refractivity contribution in [3.8, 4) is 0 Å². The Bertz CT molecular complexity index is 150. The summed E-state index contributed by atoms with van der Waals surface area (Å²) < 4.78 is 2.46. The number of hydrogen-bond donors (Lipinski definition) is 0. The Morgan fingerprint density at radius 2 is 1.27 bits per heavy atom. The molecule has 0 aliphatic rings. The summed E-state index contributed by atoms with van der Waals surface area (Å²) in [6.45, 7) is 13.8. The third-order valence-corrected chi connectivity index (χ3v) is 2.37. The van der Waals surface area contributed by atoms with Crippen LogP contribution in [0.3, 0.4) is 0 Å². The molecule has 0 rings (SSSR count). The van der Waals surface area contributed by atoms with E-state index in [-0.39, 0.29) is 0 Å². The molecule has 0 aromatic heterocycles. The first-order valence-electron chi connectivity index (χ1n) is 6.61. The fourth-order valence-electron chi connectivity index (χ4n) is 1.83. The lowest BCUT2D eigenvalue weighted by molar-refractivity contribution is -0.527. The Morgan fingerprint density at radius 1 is 0.800 bits per heavy atom. The van der Waals surface area contributed by atoms with E-state index in [1.54, 1.807) is 0 Å². The van der Waals surface area contributed by atoms with E-state index in [4.69, 9.17) is 0 Å². The molecule has 2 heteroatoms. The van der Waals surface area contributed by atoms with Gasteiger partial charge >= 0.3 is 0 Å². The van der Waals surface area contributed by atoms with Crippen molar-refractivity contribution in [2.24, 2.45) is 0 Å². The molecule has 0 heterocycles. The third kappa shape index (κ3) is 7.40. The molecule has 0 amide bonds. The molecular formula is C13H29N2+. The van der Waals surface area contributed by atoms with E-state index in [1.807, 2.05) is 0 Å². The van der Waals surface area contributed by atoms with Crippen LogP contribution in [0.25, 0.3) is 0 Å². The Balaban J connectivity index is 4.27. The SMILES string of the molecule is CCCN(C=[N+](CCC)CCC)CCC. The molecule has 0 atom stereocenters. The highest BCUT2D eigenvalue weighted by molar-refractivity contribution is 5.48. The van der Waals surface area contributed by atoms with Gasteiger partial charge in [-0.15, -0.1) is 0 Å². The van der Waals surface area contributed by atoms with Crippen molar-refractivity contribution in [3.63, 3.8) is 0 Å². The number of rotatable bonds is 9. The molecular weight excluding hydrogens is 184 g/mol.